The van der Waals surface area contributed by atoms with Crippen molar-refractivity contribution in [3.63, 3.8) is 0 Å². The molecule has 5 heteroatoms. The molecule has 0 radical (unpaired) electrons. The smallest absolute Gasteiger partial charge is 0.242 e. The van der Waals surface area contributed by atoms with E-state index in [1.165, 1.54) is 0 Å². The molecule has 1 saturated carbocycles. The first-order valence-corrected chi connectivity index (χ1v) is 9.40. The van der Waals surface area contributed by atoms with Crippen molar-refractivity contribution >= 4 is 11.8 Å². The lowest BCUT2D eigenvalue weighted by Gasteiger charge is -2.27. The van der Waals surface area contributed by atoms with Gasteiger partial charge in [0.15, 0.2) is 0 Å². The molecular formula is C22H27N3O2. The van der Waals surface area contributed by atoms with E-state index in [1.54, 1.807) is 11.0 Å². The van der Waals surface area contributed by atoms with Crippen molar-refractivity contribution in [3.05, 3.63) is 72.6 Å². The first-order chi connectivity index (χ1) is 13.1. The number of aryl methyl sites for hydroxylation is 1. The predicted octanol–water partition coefficient (Wildman–Crippen LogP) is 2.77. The second-order valence-corrected chi connectivity index (χ2v) is 7.09. The number of carbonyl (C=O) groups excluding carboxylic acids is 2. The molecule has 0 bridgehead atoms. The lowest BCUT2D eigenvalue weighted by molar-refractivity contribution is -0.140. The van der Waals surface area contributed by atoms with Crippen molar-refractivity contribution in [1.82, 2.24) is 14.4 Å². The average Bonchev–Trinajstić information content (AvgIpc) is 3.42. The van der Waals surface area contributed by atoms with Crippen molar-refractivity contribution in [2.24, 2.45) is 7.05 Å². The Morgan fingerprint density at radius 2 is 1.89 bits per heavy atom. The van der Waals surface area contributed by atoms with Crippen molar-refractivity contribution in [2.45, 2.75) is 31.8 Å². The molecule has 5 nitrogen and oxygen atoms in total. The summed E-state index contributed by atoms with van der Waals surface area (Å²) in [6.07, 6.45) is 6.03. The molecule has 1 aromatic carbocycles. The summed E-state index contributed by atoms with van der Waals surface area (Å²) in [4.78, 5) is 29.2. The van der Waals surface area contributed by atoms with Crippen LogP contribution in [0.15, 0.2) is 61.3 Å². The van der Waals surface area contributed by atoms with Crippen molar-refractivity contribution < 1.29 is 9.59 Å². The van der Waals surface area contributed by atoms with Crippen LogP contribution in [0.1, 0.15) is 24.1 Å². The van der Waals surface area contributed by atoms with Gasteiger partial charge in [-0.25, -0.2) is 0 Å². The third-order valence-electron chi connectivity index (χ3n) is 4.92. The van der Waals surface area contributed by atoms with Crippen LogP contribution in [-0.2, 0) is 29.6 Å². The number of rotatable bonds is 9. The van der Waals surface area contributed by atoms with Gasteiger partial charge in [-0.2, -0.15) is 0 Å². The fourth-order valence-corrected chi connectivity index (χ4v) is 3.19. The number of benzene rings is 1. The normalized spacial score (nSPS) is 13.2. The highest BCUT2D eigenvalue weighted by molar-refractivity contribution is 5.86. The summed E-state index contributed by atoms with van der Waals surface area (Å²) < 4.78 is 2.03. The zero-order valence-corrected chi connectivity index (χ0v) is 15.9. The second-order valence-electron chi connectivity index (χ2n) is 7.09. The summed E-state index contributed by atoms with van der Waals surface area (Å²) in [7, 11) is 1.98. The molecule has 0 aliphatic heterocycles. The Bertz CT molecular complexity index is 793. The molecule has 1 aromatic heterocycles. The first-order valence-electron chi connectivity index (χ1n) is 9.40. The van der Waals surface area contributed by atoms with Gasteiger partial charge in [-0.05, 0) is 30.5 Å². The van der Waals surface area contributed by atoms with Crippen molar-refractivity contribution in [3.8, 4) is 0 Å². The van der Waals surface area contributed by atoms with Crippen LogP contribution in [0.4, 0.5) is 0 Å². The average molecular weight is 365 g/mol. The van der Waals surface area contributed by atoms with E-state index in [2.05, 4.69) is 6.58 Å². The van der Waals surface area contributed by atoms with E-state index in [4.69, 9.17) is 0 Å². The molecule has 27 heavy (non-hydrogen) atoms. The van der Waals surface area contributed by atoms with Gasteiger partial charge in [0.1, 0.15) is 6.54 Å². The zero-order valence-electron chi connectivity index (χ0n) is 15.9. The van der Waals surface area contributed by atoms with Crippen LogP contribution in [0.5, 0.6) is 0 Å². The summed E-state index contributed by atoms with van der Waals surface area (Å²) in [5.74, 6) is -0.0500. The minimum Gasteiger partial charge on any atom is -0.353 e. The Labute approximate surface area is 160 Å². The van der Waals surface area contributed by atoms with E-state index >= 15 is 0 Å². The van der Waals surface area contributed by atoms with Crippen LogP contribution in [0.25, 0.3) is 0 Å². The molecule has 0 spiro atoms. The zero-order chi connectivity index (χ0) is 19.2. The maximum Gasteiger partial charge on any atom is 0.242 e. The maximum absolute atomic E-state index is 13.0. The highest BCUT2D eigenvalue weighted by atomic mass is 16.2. The van der Waals surface area contributed by atoms with E-state index < -0.39 is 0 Å². The molecule has 2 aromatic rings. The predicted molar refractivity (Wildman–Crippen MR) is 106 cm³/mol. The third-order valence-corrected chi connectivity index (χ3v) is 4.92. The van der Waals surface area contributed by atoms with Gasteiger partial charge >= 0.3 is 0 Å². The summed E-state index contributed by atoms with van der Waals surface area (Å²) in [5.41, 5.74) is 2.05. The molecule has 0 N–H and O–H groups in total. The number of hydrogen-bond acceptors (Lipinski definition) is 2. The molecule has 1 aliphatic carbocycles. The lowest BCUT2D eigenvalue weighted by Crippen LogP contribution is -2.44. The van der Waals surface area contributed by atoms with E-state index in [-0.39, 0.29) is 18.4 Å². The van der Waals surface area contributed by atoms with Gasteiger partial charge in [0.2, 0.25) is 11.8 Å². The second kappa shape index (κ2) is 8.71. The third kappa shape index (κ3) is 5.09. The Kier molecular flexibility index (Phi) is 6.12. The molecule has 0 atom stereocenters. The van der Waals surface area contributed by atoms with Gasteiger partial charge in [0, 0.05) is 31.5 Å². The fourth-order valence-electron chi connectivity index (χ4n) is 3.19. The number of carbonyl (C=O) groups is 2. The molecule has 1 fully saturated rings. The Balaban J connectivity index is 1.66. The van der Waals surface area contributed by atoms with Crippen LogP contribution in [0, 0.1) is 0 Å². The molecule has 1 aliphatic rings. The van der Waals surface area contributed by atoms with Gasteiger partial charge in [-0.1, -0.05) is 36.4 Å². The van der Waals surface area contributed by atoms with Crippen LogP contribution >= 0.6 is 0 Å². The molecule has 2 amide bonds. The topological polar surface area (TPSA) is 45.6 Å². The summed E-state index contributed by atoms with van der Waals surface area (Å²) in [6.45, 7) is 4.80. The Morgan fingerprint density at radius 3 is 2.48 bits per heavy atom. The summed E-state index contributed by atoms with van der Waals surface area (Å²) >= 11 is 0. The van der Waals surface area contributed by atoms with Gasteiger partial charge in [0.05, 0.1) is 13.0 Å². The highest BCUT2D eigenvalue weighted by Gasteiger charge is 2.34. The molecule has 0 saturated heterocycles. The Hall–Kier alpha value is -2.82. The minimum atomic E-state index is -0.0518. The molecule has 0 unspecified atom stereocenters. The van der Waals surface area contributed by atoms with E-state index in [9.17, 15) is 9.59 Å². The van der Waals surface area contributed by atoms with Crippen LogP contribution in [0.3, 0.4) is 0 Å². The lowest BCUT2D eigenvalue weighted by atomic mass is 10.1. The van der Waals surface area contributed by atoms with Gasteiger partial charge in [-0.15, -0.1) is 6.58 Å². The largest absolute Gasteiger partial charge is 0.353 e. The number of nitrogens with zero attached hydrogens (tertiary/aromatic N) is 3. The minimum absolute atomic E-state index is 0.00182. The Morgan fingerprint density at radius 1 is 1.15 bits per heavy atom. The van der Waals surface area contributed by atoms with E-state index in [0.29, 0.717) is 25.6 Å². The quantitative estimate of drug-likeness (QED) is 0.642. The van der Waals surface area contributed by atoms with Gasteiger partial charge in [-0.3, -0.25) is 9.59 Å². The number of hydrogen-bond donors (Lipinski definition) is 0. The maximum atomic E-state index is 13.0. The summed E-state index contributed by atoms with van der Waals surface area (Å²) in [6, 6.07) is 13.9. The van der Waals surface area contributed by atoms with Gasteiger partial charge < -0.3 is 14.4 Å². The fraction of sp³-hybridized carbons (Fsp3) is 0.364. The van der Waals surface area contributed by atoms with E-state index in [0.717, 1.165) is 24.1 Å². The molecule has 1 heterocycles. The van der Waals surface area contributed by atoms with Crippen LogP contribution in [0.2, 0.25) is 0 Å². The number of amides is 2. The first kappa shape index (κ1) is 19.0. The number of aromatic nitrogens is 1. The molecule has 3 rings (SSSR count). The SMILES string of the molecule is C=CCN(CC(=O)N(Cc1cccn1C)C1CC1)C(=O)Cc1ccccc1. The molecular weight excluding hydrogens is 338 g/mol. The van der Waals surface area contributed by atoms with Crippen LogP contribution in [-0.4, -0.2) is 45.3 Å². The highest BCUT2D eigenvalue weighted by Crippen LogP contribution is 2.28. The monoisotopic (exact) mass is 365 g/mol. The van der Waals surface area contributed by atoms with Gasteiger partial charge in [0.25, 0.3) is 0 Å². The van der Waals surface area contributed by atoms with Crippen molar-refractivity contribution in [1.29, 1.82) is 0 Å². The van der Waals surface area contributed by atoms with Crippen LogP contribution < -0.4 is 0 Å². The van der Waals surface area contributed by atoms with E-state index in [1.807, 2.05) is 65.2 Å². The molecule has 142 valence electrons. The van der Waals surface area contributed by atoms with Crippen molar-refractivity contribution in [2.75, 3.05) is 13.1 Å². The standard InChI is InChI=1S/C22H27N3O2/c1-3-13-24(21(26)15-18-8-5-4-6-9-18)17-22(27)25(19-11-12-19)16-20-10-7-14-23(20)2/h3-10,14,19H,1,11-13,15-17H2,2H3. The summed E-state index contributed by atoms with van der Waals surface area (Å²) in [5, 5.41) is 0.